The van der Waals surface area contributed by atoms with Gasteiger partial charge in [0, 0.05) is 17.3 Å². The molecule has 0 aliphatic carbocycles. The van der Waals surface area contributed by atoms with Gasteiger partial charge in [-0.05, 0) is 23.1 Å². The molecule has 3 nitrogen and oxygen atoms in total. The van der Waals surface area contributed by atoms with Gasteiger partial charge in [0.25, 0.3) is 0 Å². The molecule has 1 unspecified atom stereocenters. The molecule has 1 aliphatic heterocycles. The van der Waals surface area contributed by atoms with E-state index in [2.05, 4.69) is 43.5 Å². The highest BCUT2D eigenvalue weighted by Crippen LogP contribution is 2.23. The van der Waals surface area contributed by atoms with Gasteiger partial charge in [-0.1, -0.05) is 32.9 Å². The van der Waals surface area contributed by atoms with Gasteiger partial charge in [-0.2, -0.15) is 0 Å². The summed E-state index contributed by atoms with van der Waals surface area (Å²) in [5.74, 6) is 1.77. The maximum Gasteiger partial charge on any atom is 0.242 e. The van der Waals surface area contributed by atoms with Crippen molar-refractivity contribution in [3.63, 3.8) is 0 Å². The van der Waals surface area contributed by atoms with E-state index >= 15 is 0 Å². The first-order valence-corrected chi connectivity index (χ1v) is 7.35. The highest BCUT2D eigenvalue weighted by Gasteiger charge is 2.22. The van der Waals surface area contributed by atoms with Gasteiger partial charge in [-0.15, -0.1) is 11.8 Å². The van der Waals surface area contributed by atoms with Crippen LogP contribution in [-0.2, 0) is 10.2 Å². The van der Waals surface area contributed by atoms with Gasteiger partial charge in [0.2, 0.25) is 5.91 Å². The van der Waals surface area contributed by atoms with Crippen LogP contribution in [0, 0.1) is 0 Å². The molecule has 0 saturated carbocycles. The fraction of sp³-hybridized carbons (Fsp3) is 0.500. The fourth-order valence-corrected chi connectivity index (χ4v) is 2.79. The molecular weight excluding hydrogens is 244 g/mol. The first-order chi connectivity index (χ1) is 8.47. The van der Waals surface area contributed by atoms with Crippen molar-refractivity contribution in [3.8, 4) is 0 Å². The summed E-state index contributed by atoms with van der Waals surface area (Å²) in [4.78, 5) is 11.9. The van der Waals surface area contributed by atoms with Gasteiger partial charge in [0.15, 0.2) is 0 Å². The lowest BCUT2D eigenvalue weighted by molar-refractivity contribution is -0.117. The first kappa shape index (κ1) is 13.4. The van der Waals surface area contributed by atoms with Crippen LogP contribution >= 0.6 is 11.8 Å². The second-order valence-electron chi connectivity index (χ2n) is 5.59. The molecule has 1 heterocycles. The summed E-state index contributed by atoms with van der Waals surface area (Å²) in [5, 5.41) is 6.11. The normalized spacial score (nSPS) is 19.8. The first-order valence-electron chi connectivity index (χ1n) is 6.19. The van der Waals surface area contributed by atoms with Crippen molar-refractivity contribution in [2.45, 2.75) is 32.2 Å². The average Bonchev–Trinajstić information content (AvgIpc) is 2.82. The number of hydrogen-bond acceptors (Lipinski definition) is 3. The van der Waals surface area contributed by atoms with E-state index in [-0.39, 0.29) is 17.4 Å². The Morgan fingerprint density at radius 1 is 1.33 bits per heavy atom. The van der Waals surface area contributed by atoms with Crippen LogP contribution in [0.15, 0.2) is 24.3 Å². The number of thioether (sulfide) groups is 1. The van der Waals surface area contributed by atoms with Crippen LogP contribution in [0.4, 0.5) is 5.69 Å². The molecule has 1 fully saturated rings. The Kier molecular flexibility index (Phi) is 3.97. The average molecular weight is 264 g/mol. The highest BCUT2D eigenvalue weighted by atomic mass is 32.2. The molecule has 0 radical (unpaired) electrons. The Hall–Kier alpha value is -1.00. The quantitative estimate of drug-likeness (QED) is 0.862. The number of benzene rings is 1. The number of amides is 1. The number of carbonyl (C=O) groups excluding carboxylic acids is 1. The van der Waals surface area contributed by atoms with Crippen LogP contribution in [0.2, 0.25) is 0 Å². The third kappa shape index (κ3) is 3.27. The number of carbonyl (C=O) groups is 1. The van der Waals surface area contributed by atoms with Crippen molar-refractivity contribution in [2.24, 2.45) is 0 Å². The molecule has 98 valence electrons. The monoisotopic (exact) mass is 264 g/mol. The second-order valence-corrected chi connectivity index (χ2v) is 6.62. The van der Waals surface area contributed by atoms with Gasteiger partial charge in [-0.25, -0.2) is 0 Å². The molecule has 2 rings (SSSR count). The van der Waals surface area contributed by atoms with E-state index in [1.807, 2.05) is 12.1 Å². The summed E-state index contributed by atoms with van der Waals surface area (Å²) >= 11 is 1.75. The topological polar surface area (TPSA) is 41.1 Å². The Balaban J connectivity index is 2.00. The Morgan fingerprint density at radius 2 is 2.00 bits per heavy atom. The maximum atomic E-state index is 11.9. The van der Waals surface area contributed by atoms with E-state index in [9.17, 15) is 4.79 Å². The van der Waals surface area contributed by atoms with Crippen LogP contribution in [0.25, 0.3) is 0 Å². The molecule has 1 saturated heterocycles. The van der Waals surface area contributed by atoms with Crippen molar-refractivity contribution in [1.29, 1.82) is 0 Å². The van der Waals surface area contributed by atoms with E-state index in [0.717, 1.165) is 17.3 Å². The summed E-state index contributed by atoms with van der Waals surface area (Å²) in [5.41, 5.74) is 2.29. The predicted molar refractivity (Wildman–Crippen MR) is 78.0 cm³/mol. The summed E-state index contributed by atoms with van der Waals surface area (Å²) in [6.07, 6.45) is 0. The zero-order valence-corrected chi connectivity index (χ0v) is 11.9. The van der Waals surface area contributed by atoms with E-state index in [4.69, 9.17) is 0 Å². The highest BCUT2D eigenvalue weighted by molar-refractivity contribution is 7.99. The Bertz CT molecular complexity index is 416. The lowest BCUT2D eigenvalue weighted by Crippen LogP contribution is -2.37. The molecule has 1 aromatic carbocycles. The van der Waals surface area contributed by atoms with Crippen LogP contribution in [0.3, 0.4) is 0 Å². The smallest absolute Gasteiger partial charge is 0.242 e. The van der Waals surface area contributed by atoms with Crippen molar-refractivity contribution >= 4 is 23.4 Å². The van der Waals surface area contributed by atoms with Crippen molar-refractivity contribution in [3.05, 3.63) is 29.8 Å². The molecule has 18 heavy (non-hydrogen) atoms. The summed E-state index contributed by atoms with van der Waals surface area (Å²) in [6, 6.07) is 8.04. The molecule has 0 spiro atoms. The lowest BCUT2D eigenvalue weighted by atomic mass is 9.87. The van der Waals surface area contributed by atoms with Crippen molar-refractivity contribution in [2.75, 3.05) is 16.9 Å². The Morgan fingerprint density at radius 3 is 2.50 bits per heavy atom. The molecular formula is C14H20N2OS. The molecule has 0 aromatic heterocycles. The van der Waals surface area contributed by atoms with Crippen LogP contribution < -0.4 is 10.6 Å². The maximum absolute atomic E-state index is 11.9. The van der Waals surface area contributed by atoms with Crippen LogP contribution in [-0.4, -0.2) is 23.6 Å². The third-order valence-corrected chi connectivity index (χ3v) is 3.99. The predicted octanol–water partition coefficient (Wildman–Crippen LogP) is 2.59. The SMILES string of the molecule is CC(C)(C)c1ccc(NC(=O)C2CSCN2)cc1. The third-order valence-electron chi connectivity index (χ3n) is 3.05. The zero-order valence-electron chi connectivity index (χ0n) is 11.1. The largest absolute Gasteiger partial charge is 0.325 e. The van der Waals surface area contributed by atoms with Gasteiger partial charge < -0.3 is 5.32 Å². The van der Waals surface area contributed by atoms with Gasteiger partial charge in [0.05, 0.1) is 6.04 Å². The lowest BCUT2D eigenvalue weighted by Gasteiger charge is -2.19. The summed E-state index contributed by atoms with van der Waals surface area (Å²) in [7, 11) is 0. The van der Waals surface area contributed by atoms with E-state index < -0.39 is 0 Å². The van der Waals surface area contributed by atoms with E-state index in [1.54, 1.807) is 11.8 Å². The zero-order chi connectivity index (χ0) is 13.2. The van der Waals surface area contributed by atoms with Crippen LogP contribution in [0.5, 0.6) is 0 Å². The number of hydrogen-bond donors (Lipinski definition) is 2. The molecule has 1 aromatic rings. The van der Waals surface area contributed by atoms with Crippen molar-refractivity contribution < 1.29 is 4.79 Å². The molecule has 1 atom stereocenters. The minimum absolute atomic E-state index is 0.0581. The number of rotatable bonds is 2. The molecule has 1 aliphatic rings. The number of anilines is 1. The van der Waals surface area contributed by atoms with Gasteiger partial charge in [0.1, 0.15) is 0 Å². The minimum Gasteiger partial charge on any atom is -0.325 e. The summed E-state index contributed by atoms with van der Waals surface area (Å²) < 4.78 is 0. The Labute approximate surface area is 113 Å². The molecule has 0 bridgehead atoms. The second kappa shape index (κ2) is 5.33. The van der Waals surface area contributed by atoms with Crippen molar-refractivity contribution in [1.82, 2.24) is 5.32 Å². The van der Waals surface area contributed by atoms with Crippen LogP contribution in [0.1, 0.15) is 26.3 Å². The molecule has 1 amide bonds. The standard InChI is InChI=1S/C14H20N2OS/c1-14(2,3)10-4-6-11(7-5-10)16-13(17)12-8-18-9-15-12/h4-7,12,15H,8-9H2,1-3H3,(H,16,17). The fourth-order valence-electron chi connectivity index (χ4n) is 1.85. The van der Waals surface area contributed by atoms with E-state index in [0.29, 0.717) is 0 Å². The molecule has 4 heteroatoms. The van der Waals surface area contributed by atoms with Gasteiger partial charge >= 0.3 is 0 Å². The minimum atomic E-state index is -0.0581. The number of nitrogens with one attached hydrogen (secondary N) is 2. The summed E-state index contributed by atoms with van der Waals surface area (Å²) in [6.45, 7) is 6.54. The van der Waals surface area contributed by atoms with Gasteiger partial charge in [-0.3, -0.25) is 10.1 Å². The van der Waals surface area contributed by atoms with E-state index in [1.165, 1.54) is 5.56 Å². The molecule has 2 N–H and O–H groups in total.